The first-order chi connectivity index (χ1) is 8.20. The van der Waals surface area contributed by atoms with Crippen molar-refractivity contribution >= 4 is 5.78 Å². The largest absolute Gasteiger partial charge is 0.350 e. The molecule has 3 heteroatoms. The van der Waals surface area contributed by atoms with Crippen LogP contribution in [0.15, 0.2) is 24.3 Å². The van der Waals surface area contributed by atoms with Gasteiger partial charge in [-0.1, -0.05) is 6.42 Å². The second-order valence-corrected chi connectivity index (χ2v) is 5.33. The van der Waals surface area contributed by atoms with E-state index in [9.17, 15) is 4.79 Å². The fourth-order valence-electron chi connectivity index (χ4n) is 3.31. The fraction of sp³-hybridized carbons (Fsp3) is 0.643. The molecule has 3 aliphatic rings. The number of ether oxygens (including phenoxy) is 1. The topological polar surface area (TPSA) is 29.5 Å². The molecule has 2 saturated heterocycles. The second-order valence-electron chi connectivity index (χ2n) is 5.33. The highest BCUT2D eigenvalue weighted by Crippen LogP contribution is 2.38. The van der Waals surface area contributed by atoms with Gasteiger partial charge in [0.05, 0.1) is 6.10 Å². The summed E-state index contributed by atoms with van der Waals surface area (Å²) in [7, 11) is 0. The van der Waals surface area contributed by atoms with Crippen LogP contribution in [0.25, 0.3) is 0 Å². The Morgan fingerprint density at radius 2 is 2.12 bits per heavy atom. The van der Waals surface area contributed by atoms with Crippen LogP contribution in [0.5, 0.6) is 0 Å². The molecule has 0 aromatic carbocycles. The molecule has 0 amide bonds. The molecular weight excluding hydrogens is 214 g/mol. The first kappa shape index (κ1) is 11.2. The number of rotatable bonds is 0. The molecule has 17 heavy (non-hydrogen) atoms. The number of carbonyl (C=O) groups excluding carboxylic acids is 1. The van der Waals surface area contributed by atoms with E-state index < -0.39 is 5.72 Å². The normalized spacial score (nSPS) is 36.2. The van der Waals surface area contributed by atoms with Gasteiger partial charge in [0.1, 0.15) is 0 Å². The molecule has 0 radical (unpaired) electrons. The minimum absolute atomic E-state index is 0.0611. The van der Waals surface area contributed by atoms with Gasteiger partial charge < -0.3 is 4.74 Å². The van der Waals surface area contributed by atoms with Crippen LogP contribution in [0, 0.1) is 0 Å². The molecule has 2 aliphatic heterocycles. The van der Waals surface area contributed by atoms with Crippen molar-refractivity contribution in [3.8, 4) is 0 Å². The summed E-state index contributed by atoms with van der Waals surface area (Å²) in [6.45, 7) is 3.20. The SMILES string of the molecule is C[C@@H]1C[C@H]2CCCCN2C2(C=CC(=O)C=C2)O1. The zero-order valence-corrected chi connectivity index (χ0v) is 10.3. The molecule has 0 N–H and O–H groups in total. The van der Waals surface area contributed by atoms with Gasteiger partial charge in [0, 0.05) is 12.6 Å². The Labute approximate surface area is 102 Å². The molecule has 3 nitrogen and oxygen atoms in total. The van der Waals surface area contributed by atoms with Crippen molar-refractivity contribution in [2.75, 3.05) is 6.54 Å². The molecule has 0 unspecified atom stereocenters. The molecule has 2 fully saturated rings. The first-order valence-corrected chi connectivity index (χ1v) is 6.57. The van der Waals surface area contributed by atoms with Gasteiger partial charge >= 0.3 is 0 Å². The molecule has 0 aromatic heterocycles. The van der Waals surface area contributed by atoms with E-state index in [2.05, 4.69) is 11.8 Å². The van der Waals surface area contributed by atoms with Crippen LogP contribution in [0.1, 0.15) is 32.6 Å². The summed E-state index contributed by atoms with van der Waals surface area (Å²) in [6, 6.07) is 0.606. The van der Waals surface area contributed by atoms with Gasteiger partial charge in [0.15, 0.2) is 11.5 Å². The van der Waals surface area contributed by atoms with Crippen LogP contribution >= 0.6 is 0 Å². The highest BCUT2D eigenvalue weighted by molar-refractivity contribution is 6.00. The highest BCUT2D eigenvalue weighted by Gasteiger charge is 2.45. The van der Waals surface area contributed by atoms with E-state index in [4.69, 9.17) is 4.74 Å². The van der Waals surface area contributed by atoms with Crippen LogP contribution in [0.2, 0.25) is 0 Å². The average Bonchev–Trinajstić information content (AvgIpc) is 2.33. The Kier molecular flexibility index (Phi) is 2.68. The maximum absolute atomic E-state index is 11.3. The molecule has 0 saturated carbocycles. The lowest BCUT2D eigenvalue weighted by molar-refractivity contribution is -0.189. The van der Waals surface area contributed by atoms with E-state index >= 15 is 0 Å². The van der Waals surface area contributed by atoms with Crippen molar-refractivity contribution in [3.63, 3.8) is 0 Å². The third-order valence-electron chi connectivity index (χ3n) is 4.04. The first-order valence-electron chi connectivity index (χ1n) is 6.57. The van der Waals surface area contributed by atoms with Crippen molar-refractivity contribution < 1.29 is 9.53 Å². The number of piperidine rings is 1. The summed E-state index contributed by atoms with van der Waals surface area (Å²) in [4.78, 5) is 13.7. The van der Waals surface area contributed by atoms with Gasteiger partial charge in [-0.15, -0.1) is 0 Å². The van der Waals surface area contributed by atoms with Crippen LogP contribution in [-0.2, 0) is 9.53 Å². The van der Waals surface area contributed by atoms with Crippen molar-refractivity contribution in [1.82, 2.24) is 4.90 Å². The lowest BCUT2D eigenvalue weighted by atomic mass is 9.89. The van der Waals surface area contributed by atoms with E-state index in [0.29, 0.717) is 6.04 Å². The van der Waals surface area contributed by atoms with Crippen molar-refractivity contribution in [3.05, 3.63) is 24.3 Å². The lowest BCUT2D eigenvalue weighted by Crippen LogP contribution is -2.61. The Morgan fingerprint density at radius 1 is 1.35 bits per heavy atom. The van der Waals surface area contributed by atoms with Crippen LogP contribution < -0.4 is 0 Å². The van der Waals surface area contributed by atoms with Gasteiger partial charge in [-0.25, -0.2) is 0 Å². The number of carbonyl (C=O) groups is 1. The number of hydrogen-bond acceptors (Lipinski definition) is 3. The van der Waals surface area contributed by atoms with E-state index in [1.807, 2.05) is 12.2 Å². The molecule has 92 valence electrons. The maximum atomic E-state index is 11.3. The summed E-state index contributed by atoms with van der Waals surface area (Å²) < 4.78 is 6.13. The highest BCUT2D eigenvalue weighted by atomic mass is 16.5. The second kappa shape index (κ2) is 4.07. The number of nitrogens with zero attached hydrogens (tertiary/aromatic N) is 1. The molecule has 2 heterocycles. The Bertz CT molecular complexity index is 370. The number of hydrogen-bond donors (Lipinski definition) is 0. The summed E-state index contributed by atoms with van der Waals surface area (Å²) in [6.07, 6.45) is 12.3. The van der Waals surface area contributed by atoms with Gasteiger partial charge in [-0.05, 0) is 50.5 Å². The molecule has 1 spiro atoms. The monoisotopic (exact) mass is 233 g/mol. The zero-order chi connectivity index (χ0) is 11.9. The van der Waals surface area contributed by atoms with Crippen molar-refractivity contribution in [2.24, 2.45) is 0 Å². The lowest BCUT2D eigenvalue weighted by Gasteiger charge is -2.52. The molecule has 2 atom stereocenters. The number of ketones is 1. The smallest absolute Gasteiger partial charge is 0.178 e. The zero-order valence-electron chi connectivity index (χ0n) is 10.3. The fourth-order valence-corrected chi connectivity index (χ4v) is 3.31. The Hall–Kier alpha value is -0.930. The molecule has 3 rings (SSSR count). The van der Waals surface area contributed by atoms with Gasteiger partial charge in [0.2, 0.25) is 0 Å². The van der Waals surface area contributed by atoms with Crippen molar-refractivity contribution in [2.45, 2.75) is 50.5 Å². The number of allylic oxidation sites excluding steroid dienone is 2. The summed E-state index contributed by atoms with van der Waals surface area (Å²) in [5, 5.41) is 0. The van der Waals surface area contributed by atoms with Gasteiger partial charge in [-0.2, -0.15) is 0 Å². The summed E-state index contributed by atoms with van der Waals surface area (Å²) in [5.74, 6) is 0.0611. The van der Waals surface area contributed by atoms with E-state index in [1.54, 1.807) is 12.2 Å². The standard InChI is InChI=1S/C14H19NO2/c1-11-10-12-4-2-3-9-15(12)14(17-11)7-5-13(16)6-8-14/h5-8,11-12H,2-4,9-10H2,1H3/t11-,12-/m1/s1. The molecule has 0 bridgehead atoms. The van der Waals surface area contributed by atoms with Crippen LogP contribution in [0.4, 0.5) is 0 Å². The average molecular weight is 233 g/mol. The summed E-state index contributed by atoms with van der Waals surface area (Å²) in [5.41, 5.74) is -0.448. The molecular formula is C14H19NO2. The molecule has 1 aliphatic carbocycles. The number of fused-ring (bicyclic) bond motifs is 2. The Morgan fingerprint density at radius 3 is 2.88 bits per heavy atom. The van der Waals surface area contributed by atoms with Gasteiger partial charge in [0.25, 0.3) is 0 Å². The predicted molar refractivity (Wildman–Crippen MR) is 65.5 cm³/mol. The predicted octanol–water partition coefficient (Wildman–Crippen LogP) is 2.04. The maximum Gasteiger partial charge on any atom is 0.178 e. The quantitative estimate of drug-likeness (QED) is 0.641. The van der Waals surface area contributed by atoms with Crippen molar-refractivity contribution in [1.29, 1.82) is 0 Å². The van der Waals surface area contributed by atoms with E-state index in [-0.39, 0.29) is 11.9 Å². The minimum atomic E-state index is -0.448. The van der Waals surface area contributed by atoms with E-state index in [0.717, 1.165) is 13.0 Å². The Balaban J connectivity index is 1.93. The van der Waals surface area contributed by atoms with E-state index in [1.165, 1.54) is 19.3 Å². The van der Waals surface area contributed by atoms with Crippen LogP contribution in [0.3, 0.4) is 0 Å². The third kappa shape index (κ3) is 1.87. The third-order valence-corrected chi connectivity index (χ3v) is 4.04. The van der Waals surface area contributed by atoms with Gasteiger partial charge in [-0.3, -0.25) is 9.69 Å². The minimum Gasteiger partial charge on any atom is -0.350 e. The van der Waals surface area contributed by atoms with Crippen LogP contribution in [-0.4, -0.2) is 35.1 Å². The summed E-state index contributed by atoms with van der Waals surface area (Å²) >= 11 is 0. The molecule has 0 aromatic rings.